The first-order valence-corrected chi connectivity index (χ1v) is 10.5. The summed E-state index contributed by atoms with van der Waals surface area (Å²) in [6, 6.07) is 9.30. The van der Waals surface area contributed by atoms with Crippen molar-refractivity contribution in [3.8, 4) is 17.2 Å². The number of hydrogen-bond acceptors (Lipinski definition) is 7. The van der Waals surface area contributed by atoms with E-state index in [9.17, 15) is 4.79 Å². The zero-order valence-electron chi connectivity index (χ0n) is 15.0. The standard InChI is InChI=1S/C20H16N2O4S2/c1-11-21-19-17(28-11)9-15(13-4-7-27-20(13)19)26-10-18(23)22-12-2-3-14-16(8-12)25-6-5-24-14/h2-4,7-9H,5-6,10H2,1H3,(H,22,23). The number of amides is 1. The van der Waals surface area contributed by atoms with Crippen molar-refractivity contribution in [1.82, 2.24) is 4.98 Å². The summed E-state index contributed by atoms with van der Waals surface area (Å²) < 4.78 is 19.1. The van der Waals surface area contributed by atoms with Crippen molar-refractivity contribution in [2.75, 3.05) is 25.1 Å². The van der Waals surface area contributed by atoms with Crippen LogP contribution in [0.25, 0.3) is 20.3 Å². The Labute approximate surface area is 168 Å². The lowest BCUT2D eigenvalue weighted by atomic mass is 10.2. The van der Waals surface area contributed by atoms with Gasteiger partial charge in [-0.1, -0.05) is 0 Å². The van der Waals surface area contributed by atoms with Crippen LogP contribution in [0, 0.1) is 6.92 Å². The summed E-state index contributed by atoms with van der Waals surface area (Å²) in [6.45, 7) is 2.95. The zero-order valence-corrected chi connectivity index (χ0v) is 16.6. The number of ether oxygens (including phenoxy) is 3. The fraction of sp³-hybridized carbons (Fsp3) is 0.200. The highest BCUT2D eigenvalue weighted by Gasteiger charge is 2.15. The molecule has 0 fully saturated rings. The van der Waals surface area contributed by atoms with Crippen molar-refractivity contribution in [2.24, 2.45) is 0 Å². The lowest BCUT2D eigenvalue weighted by Crippen LogP contribution is -2.20. The Morgan fingerprint density at radius 3 is 2.96 bits per heavy atom. The molecule has 8 heteroatoms. The SMILES string of the molecule is Cc1nc2c(cc(OCC(=O)Nc3ccc4c(c3)OCCO4)c3ccsc32)s1. The number of rotatable bonds is 4. The van der Waals surface area contributed by atoms with E-state index in [0.717, 1.165) is 25.3 Å². The molecule has 0 aliphatic carbocycles. The van der Waals surface area contributed by atoms with E-state index in [4.69, 9.17) is 14.2 Å². The summed E-state index contributed by atoms with van der Waals surface area (Å²) in [5, 5.41) is 6.85. The summed E-state index contributed by atoms with van der Waals surface area (Å²) in [7, 11) is 0. The molecule has 28 heavy (non-hydrogen) atoms. The number of carbonyl (C=O) groups excluding carboxylic acids is 1. The van der Waals surface area contributed by atoms with E-state index in [1.807, 2.05) is 24.4 Å². The Morgan fingerprint density at radius 1 is 1.21 bits per heavy atom. The molecule has 142 valence electrons. The molecule has 1 aliphatic rings. The zero-order chi connectivity index (χ0) is 19.1. The van der Waals surface area contributed by atoms with Crippen molar-refractivity contribution < 1.29 is 19.0 Å². The van der Waals surface area contributed by atoms with Gasteiger partial charge in [-0.15, -0.1) is 22.7 Å². The van der Waals surface area contributed by atoms with E-state index in [2.05, 4.69) is 10.3 Å². The van der Waals surface area contributed by atoms with E-state index < -0.39 is 0 Å². The average molecular weight is 412 g/mol. The maximum absolute atomic E-state index is 12.4. The molecule has 1 amide bonds. The van der Waals surface area contributed by atoms with Crippen LogP contribution < -0.4 is 19.5 Å². The smallest absolute Gasteiger partial charge is 0.262 e. The van der Waals surface area contributed by atoms with Gasteiger partial charge in [-0.2, -0.15) is 0 Å². The molecule has 1 N–H and O–H groups in total. The molecule has 0 radical (unpaired) electrons. The van der Waals surface area contributed by atoms with Crippen LogP contribution in [-0.4, -0.2) is 30.7 Å². The molecule has 0 unspecified atom stereocenters. The number of carbonyl (C=O) groups is 1. The number of hydrogen-bond donors (Lipinski definition) is 1. The number of thiophene rings is 1. The van der Waals surface area contributed by atoms with Crippen LogP contribution in [0.15, 0.2) is 35.7 Å². The fourth-order valence-electron chi connectivity index (χ4n) is 3.17. The predicted octanol–water partition coefficient (Wildman–Crippen LogP) is 4.61. The molecule has 0 atom stereocenters. The Balaban J connectivity index is 1.33. The monoisotopic (exact) mass is 412 g/mol. The lowest BCUT2D eigenvalue weighted by Gasteiger charge is -2.19. The third-order valence-electron chi connectivity index (χ3n) is 4.35. The Kier molecular flexibility index (Phi) is 4.29. The molecule has 0 saturated heterocycles. The molecule has 2 aromatic heterocycles. The quantitative estimate of drug-likeness (QED) is 0.530. The summed E-state index contributed by atoms with van der Waals surface area (Å²) in [5.74, 6) is 1.79. The summed E-state index contributed by atoms with van der Waals surface area (Å²) in [5.41, 5.74) is 1.65. The fourth-order valence-corrected chi connectivity index (χ4v) is 5.00. The van der Waals surface area contributed by atoms with E-state index in [0.29, 0.717) is 36.1 Å². The van der Waals surface area contributed by atoms with Crippen LogP contribution in [0.2, 0.25) is 0 Å². The van der Waals surface area contributed by atoms with Crippen molar-refractivity contribution >= 4 is 54.6 Å². The Hall–Kier alpha value is -2.84. The van der Waals surface area contributed by atoms with E-state index in [1.165, 1.54) is 0 Å². The van der Waals surface area contributed by atoms with Gasteiger partial charge in [0.2, 0.25) is 0 Å². The minimum atomic E-state index is -0.236. The van der Waals surface area contributed by atoms with Gasteiger partial charge in [0.1, 0.15) is 19.0 Å². The van der Waals surface area contributed by atoms with Crippen LogP contribution in [0.4, 0.5) is 5.69 Å². The molecular weight excluding hydrogens is 396 g/mol. The normalized spacial score (nSPS) is 13.0. The number of anilines is 1. The number of aromatic nitrogens is 1. The minimum absolute atomic E-state index is 0.0807. The number of nitrogens with one attached hydrogen (secondary N) is 1. The van der Waals surface area contributed by atoms with Crippen LogP contribution in [0.1, 0.15) is 5.01 Å². The highest BCUT2D eigenvalue weighted by molar-refractivity contribution is 7.21. The van der Waals surface area contributed by atoms with Gasteiger partial charge in [0.25, 0.3) is 5.91 Å². The molecule has 0 spiro atoms. The topological polar surface area (TPSA) is 69.7 Å². The largest absolute Gasteiger partial charge is 0.486 e. The molecular formula is C20H16N2O4S2. The molecule has 1 aliphatic heterocycles. The first kappa shape index (κ1) is 17.3. The lowest BCUT2D eigenvalue weighted by molar-refractivity contribution is -0.118. The average Bonchev–Trinajstić information content (AvgIpc) is 3.32. The predicted molar refractivity (Wildman–Crippen MR) is 111 cm³/mol. The van der Waals surface area contributed by atoms with Gasteiger partial charge in [-0.25, -0.2) is 4.98 Å². The number of benzene rings is 2. The maximum Gasteiger partial charge on any atom is 0.262 e. The molecule has 3 heterocycles. The van der Waals surface area contributed by atoms with E-state index >= 15 is 0 Å². The Morgan fingerprint density at radius 2 is 2.07 bits per heavy atom. The van der Waals surface area contributed by atoms with Crippen molar-refractivity contribution in [2.45, 2.75) is 6.92 Å². The highest BCUT2D eigenvalue weighted by Crippen LogP contribution is 2.39. The first-order valence-electron chi connectivity index (χ1n) is 8.77. The van der Waals surface area contributed by atoms with Crippen molar-refractivity contribution in [3.05, 3.63) is 40.7 Å². The van der Waals surface area contributed by atoms with Crippen LogP contribution in [0.5, 0.6) is 17.2 Å². The van der Waals surface area contributed by atoms with Crippen molar-refractivity contribution in [1.29, 1.82) is 0 Å². The van der Waals surface area contributed by atoms with Gasteiger partial charge in [0.15, 0.2) is 18.1 Å². The highest BCUT2D eigenvalue weighted by atomic mass is 32.1. The third kappa shape index (κ3) is 3.14. The van der Waals surface area contributed by atoms with E-state index in [1.54, 1.807) is 40.9 Å². The first-order chi connectivity index (χ1) is 13.7. The number of fused-ring (bicyclic) bond motifs is 4. The summed E-state index contributed by atoms with van der Waals surface area (Å²) >= 11 is 3.26. The molecule has 6 nitrogen and oxygen atoms in total. The van der Waals surface area contributed by atoms with Gasteiger partial charge in [0, 0.05) is 23.2 Å². The van der Waals surface area contributed by atoms with Gasteiger partial charge in [-0.3, -0.25) is 4.79 Å². The number of aryl methyl sites for hydroxylation is 1. The number of thiazole rings is 1. The maximum atomic E-state index is 12.4. The molecule has 0 saturated carbocycles. The molecule has 4 aromatic rings. The van der Waals surface area contributed by atoms with Gasteiger partial charge >= 0.3 is 0 Å². The summed E-state index contributed by atoms with van der Waals surface area (Å²) in [4.78, 5) is 17.0. The summed E-state index contributed by atoms with van der Waals surface area (Å²) in [6.07, 6.45) is 0. The van der Waals surface area contributed by atoms with Crippen LogP contribution in [-0.2, 0) is 4.79 Å². The molecule has 2 aromatic carbocycles. The molecule has 5 rings (SSSR count). The second kappa shape index (κ2) is 6.96. The van der Waals surface area contributed by atoms with Crippen molar-refractivity contribution in [3.63, 3.8) is 0 Å². The second-order valence-electron chi connectivity index (χ2n) is 6.31. The molecule has 0 bridgehead atoms. The van der Waals surface area contributed by atoms with Crippen LogP contribution >= 0.6 is 22.7 Å². The van der Waals surface area contributed by atoms with Gasteiger partial charge in [-0.05, 0) is 30.5 Å². The number of nitrogens with zero attached hydrogens (tertiary/aromatic N) is 1. The van der Waals surface area contributed by atoms with E-state index in [-0.39, 0.29) is 12.5 Å². The minimum Gasteiger partial charge on any atom is -0.486 e. The van der Waals surface area contributed by atoms with Gasteiger partial charge in [0.05, 0.1) is 19.9 Å². The Bertz CT molecular complexity index is 1200. The van der Waals surface area contributed by atoms with Gasteiger partial charge < -0.3 is 19.5 Å². The third-order valence-corrected chi connectivity index (χ3v) is 6.19. The van der Waals surface area contributed by atoms with Crippen LogP contribution in [0.3, 0.4) is 0 Å². The second-order valence-corrected chi connectivity index (χ2v) is 8.46.